The van der Waals surface area contributed by atoms with E-state index in [0.29, 0.717) is 0 Å². The standard InChI is InChI=1S/C12H13F3N2O/c1-12(16,6-2-3-6)11(18)17-8-5-4-7(13)9(14)10(8)15/h4-6H,2-3,16H2,1H3,(H,17,18). The maximum Gasteiger partial charge on any atom is 0.244 e. The van der Waals surface area contributed by atoms with Crippen molar-refractivity contribution in [3.8, 4) is 0 Å². The summed E-state index contributed by atoms with van der Waals surface area (Å²) in [6.07, 6.45) is 1.67. The van der Waals surface area contributed by atoms with Crippen LogP contribution < -0.4 is 11.1 Å². The summed E-state index contributed by atoms with van der Waals surface area (Å²) in [5.41, 5.74) is 4.30. The Morgan fingerprint density at radius 1 is 1.33 bits per heavy atom. The van der Waals surface area contributed by atoms with Crippen LogP contribution in [0.25, 0.3) is 0 Å². The van der Waals surface area contributed by atoms with Gasteiger partial charge in [-0.25, -0.2) is 13.2 Å². The lowest BCUT2D eigenvalue weighted by Gasteiger charge is -2.23. The van der Waals surface area contributed by atoms with Gasteiger partial charge in [-0.15, -0.1) is 0 Å². The van der Waals surface area contributed by atoms with Crippen LogP contribution in [0.5, 0.6) is 0 Å². The number of benzene rings is 1. The summed E-state index contributed by atoms with van der Waals surface area (Å²) < 4.78 is 39.1. The molecule has 1 unspecified atom stereocenters. The normalized spacial score (nSPS) is 18.3. The highest BCUT2D eigenvalue weighted by Gasteiger charge is 2.44. The van der Waals surface area contributed by atoms with Crippen LogP contribution >= 0.6 is 0 Å². The van der Waals surface area contributed by atoms with E-state index in [1.807, 2.05) is 0 Å². The molecular weight excluding hydrogens is 245 g/mol. The van der Waals surface area contributed by atoms with E-state index in [4.69, 9.17) is 5.73 Å². The zero-order valence-electron chi connectivity index (χ0n) is 9.77. The fourth-order valence-electron chi connectivity index (χ4n) is 1.75. The van der Waals surface area contributed by atoms with Gasteiger partial charge in [0.2, 0.25) is 5.91 Å². The van der Waals surface area contributed by atoms with Crippen LogP contribution in [0.3, 0.4) is 0 Å². The number of rotatable bonds is 3. The number of carbonyl (C=O) groups excluding carboxylic acids is 1. The average Bonchev–Trinajstić information content (AvgIpc) is 3.14. The van der Waals surface area contributed by atoms with Gasteiger partial charge in [0, 0.05) is 0 Å². The van der Waals surface area contributed by atoms with Crippen LogP contribution in [-0.2, 0) is 4.79 Å². The van der Waals surface area contributed by atoms with Gasteiger partial charge in [-0.3, -0.25) is 4.79 Å². The number of hydrogen-bond acceptors (Lipinski definition) is 2. The summed E-state index contributed by atoms with van der Waals surface area (Å²) in [5, 5.41) is 2.19. The van der Waals surface area contributed by atoms with Crippen LogP contribution in [-0.4, -0.2) is 11.4 Å². The summed E-state index contributed by atoms with van der Waals surface area (Å²) in [5.74, 6) is -4.89. The van der Waals surface area contributed by atoms with E-state index in [2.05, 4.69) is 5.32 Å². The second kappa shape index (κ2) is 4.28. The largest absolute Gasteiger partial charge is 0.322 e. The Morgan fingerprint density at radius 3 is 2.50 bits per heavy atom. The molecule has 1 fully saturated rings. The molecular formula is C12H13F3N2O. The van der Waals surface area contributed by atoms with Gasteiger partial charge in [-0.2, -0.15) is 0 Å². The molecule has 3 nitrogen and oxygen atoms in total. The van der Waals surface area contributed by atoms with Gasteiger partial charge in [-0.05, 0) is 37.8 Å². The number of nitrogens with two attached hydrogens (primary N) is 1. The fraction of sp³-hybridized carbons (Fsp3) is 0.417. The highest BCUT2D eigenvalue weighted by Crippen LogP contribution is 2.38. The highest BCUT2D eigenvalue weighted by molar-refractivity contribution is 5.98. The van der Waals surface area contributed by atoms with Gasteiger partial charge in [0.15, 0.2) is 17.5 Å². The predicted molar refractivity (Wildman–Crippen MR) is 60.3 cm³/mol. The predicted octanol–water partition coefficient (Wildman–Crippen LogP) is 2.17. The highest BCUT2D eigenvalue weighted by atomic mass is 19.2. The van der Waals surface area contributed by atoms with Gasteiger partial charge in [0.05, 0.1) is 11.2 Å². The summed E-state index contributed by atoms with van der Waals surface area (Å²) >= 11 is 0. The first kappa shape index (κ1) is 12.9. The van der Waals surface area contributed by atoms with Crippen LogP contribution in [0.15, 0.2) is 12.1 Å². The monoisotopic (exact) mass is 258 g/mol. The van der Waals surface area contributed by atoms with E-state index in [9.17, 15) is 18.0 Å². The van der Waals surface area contributed by atoms with E-state index in [0.717, 1.165) is 25.0 Å². The van der Waals surface area contributed by atoms with Crippen molar-refractivity contribution in [3.05, 3.63) is 29.6 Å². The smallest absolute Gasteiger partial charge is 0.244 e. The molecule has 18 heavy (non-hydrogen) atoms. The first-order chi connectivity index (χ1) is 8.34. The Kier molecular flexibility index (Phi) is 3.06. The van der Waals surface area contributed by atoms with Gasteiger partial charge < -0.3 is 11.1 Å². The molecule has 2 rings (SSSR count). The number of amides is 1. The molecule has 0 radical (unpaired) electrons. The number of anilines is 1. The fourth-order valence-corrected chi connectivity index (χ4v) is 1.75. The molecule has 0 aromatic heterocycles. The summed E-state index contributed by atoms with van der Waals surface area (Å²) in [7, 11) is 0. The van der Waals surface area contributed by atoms with Crippen molar-refractivity contribution in [2.45, 2.75) is 25.3 Å². The molecule has 1 aliphatic rings. The van der Waals surface area contributed by atoms with Gasteiger partial charge in [0.1, 0.15) is 0 Å². The van der Waals surface area contributed by atoms with E-state index in [1.54, 1.807) is 0 Å². The Hall–Kier alpha value is -1.56. The van der Waals surface area contributed by atoms with Crippen LogP contribution in [0.2, 0.25) is 0 Å². The van der Waals surface area contributed by atoms with Crippen molar-refractivity contribution in [3.63, 3.8) is 0 Å². The van der Waals surface area contributed by atoms with Crippen molar-refractivity contribution in [2.75, 3.05) is 5.32 Å². The average molecular weight is 258 g/mol. The molecule has 0 heterocycles. The number of nitrogens with one attached hydrogen (secondary N) is 1. The van der Waals surface area contributed by atoms with Crippen molar-refractivity contribution in [2.24, 2.45) is 11.7 Å². The molecule has 0 saturated heterocycles. The lowest BCUT2D eigenvalue weighted by molar-refractivity contribution is -0.121. The molecule has 0 bridgehead atoms. The molecule has 0 aliphatic heterocycles. The van der Waals surface area contributed by atoms with E-state index < -0.39 is 34.6 Å². The van der Waals surface area contributed by atoms with Crippen LogP contribution in [0, 0.1) is 23.4 Å². The Balaban J connectivity index is 2.19. The number of carbonyl (C=O) groups is 1. The minimum Gasteiger partial charge on any atom is -0.322 e. The Labute approximate surface area is 102 Å². The summed E-state index contributed by atoms with van der Waals surface area (Å²) in [4.78, 5) is 11.8. The molecule has 1 amide bonds. The lowest BCUT2D eigenvalue weighted by Crippen LogP contribution is -2.50. The van der Waals surface area contributed by atoms with E-state index in [1.165, 1.54) is 6.92 Å². The molecule has 1 atom stereocenters. The van der Waals surface area contributed by atoms with Crippen LogP contribution in [0.1, 0.15) is 19.8 Å². The summed E-state index contributed by atoms with van der Waals surface area (Å²) in [6.45, 7) is 1.54. The van der Waals surface area contributed by atoms with Crippen molar-refractivity contribution >= 4 is 11.6 Å². The SMILES string of the molecule is CC(N)(C(=O)Nc1ccc(F)c(F)c1F)C1CC1. The number of halogens is 3. The molecule has 1 aliphatic carbocycles. The summed E-state index contributed by atoms with van der Waals surface area (Å²) in [6, 6.07) is 1.72. The minimum absolute atomic E-state index is 0.0471. The third-order valence-corrected chi connectivity index (χ3v) is 3.20. The van der Waals surface area contributed by atoms with Crippen molar-refractivity contribution in [1.82, 2.24) is 0 Å². The van der Waals surface area contributed by atoms with Gasteiger partial charge >= 0.3 is 0 Å². The Morgan fingerprint density at radius 2 is 1.94 bits per heavy atom. The number of hydrogen-bond donors (Lipinski definition) is 2. The molecule has 3 N–H and O–H groups in total. The van der Waals surface area contributed by atoms with Gasteiger partial charge in [0.25, 0.3) is 0 Å². The molecule has 1 aromatic carbocycles. The van der Waals surface area contributed by atoms with E-state index >= 15 is 0 Å². The topological polar surface area (TPSA) is 55.1 Å². The minimum atomic E-state index is -1.61. The maximum atomic E-state index is 13.4. The second-order valence-electron chi connectivity index (χ2n) is 4.73. The third kappa shape index (κ3) is 2.20. The lowest BCUT2D eigenvalue weighted by atomic mass is 9.96. The Bertz CT molecular complexity index is 498. The quantitative estimate of drug-likeness (QED) is 0.816. The van der Waals surface area contributed by atoms with Crippen molar-refractivity contribution < 1.29 is 18.0 Å². The van der Waals surface area contributed by atoms with E-state index in [-0.39, 0.29) is 5.92 Å². The zero-order valence-corrected chi connectivity index (χ0v) is 9.77. The third-order valence-electron chi connectivity index (χ3n) is 3.20. The zero-order chi connectivity index (χ0) is 13.5. The van der Waals surface area contributed by atoms with Crippen molar-refractivity contribution in [1.29, 1.82) is 0 Å². The molecule has 98 valence electrons. The van der Waals surface area contributed by atoms with Gasteiger partial charge in [-0.1, -0.05) is 0 Å². The molecule has 1 saturated carbocycles. The molecule has 6 heteroatoms. The first-order valence-electron chi connectivity index (χ1n) is 5.58. The maximum absolute atomic E-state index is 13.4. The first-order valence-corrected chi connectivity index (χ1v) is 5.58. The molecule has 1 aromatic rings. The molecule has 0 spiro atoms. The van der Waals surface area contributed by atoms with Crippen LogP contribution in [0.4, 0.5) is 18.9 Å². The second-order valence-corrected chi connectivity index (χ2v) is 4.73.